The van der Waals surface area contributed by atoms with E-state index in [9.17, 15) is 18.5 Å². The SMILES string of the molecule is CCn1nccc1[C@H]1CCCN1S(=O)(=O)c1ccc([N+](=O)[O-])cc1. The predicted octanol–water partition coefficient (Wildman–Crippen LogP) is 2.34. The molecular formula is C15H18N4O4S. The topological polar surface area (TPSA) is 98.3 Å². The number of nitro groups is 1. The summed E-state index contributed by atoms with van der Waals surface area (Å²) in [5, 5.41) is 15.0. The maximum atomic E-state index is 12.9. The number of sulfonamides is 1. The van der Waals surface area contributed by atoms with Crippen LogP contribution in [0.1, 0.15) is 31.5 Å². The summed E-state index contributed by atoms with van der Waals surface area (Å²) in [5.41, 5.74) is 0.747. The van der Waals surface area contributed by atoms with Gasteiger partial charge in [0.25, 0.3) is 5.69 Å². The van der Waals surface area contributed by atoms with Crippen molar-refractivity contribution in [1.82, 2.24) is 14.1 Å². The van der Waals surface area contributed by atoms with Crippen LogP contribution in [-0.2, 0) is 16.6 Å². The Morgan fingerprint density at radius 2 is 2.00 bits per heavy atom. The average molecular weight is 350 g/mol. The van der Waals surface area contributed by atoms with E-state index in [1.54, 1.807) is 10.9 Å². The zero-order chi connectivity index (χ0) is 17.3. The van der Waals surface area contributed by atoms with Crippen molar-refractivity contribution in [3.05, 3.63) is 52.3 Å². The van der Waals surface area contributed by atoms with Crippen molar-refractivity contribution in [1.29, 1.82) is 0 Å². The van der Waals surface area contributed by atoms with Crippen molar-refractivity contribution in [3.63, 3.8) is 0 Å². The van der Waals surface area contributed by atoms with Gasteiger partial charge in [0.15, 0.2) is 0 Å². The molecule has 24 heavy (non-hydrogen) atoms. The third kappa shape index (κ3) is 2.80. The summed E-state index contributed by atoms with van der Waals surface area (Å²) >= 11 is 0. The highest BCUT2D eigenvalue weighted by Gasteiger charge is 2.37. The van der Waals surface area contributed by atoms with E-state index in [1.165, 1.54) is 28.6 Å². The second-order valence-electron chi connectivity index (χ2n) is 5.60. The van der Waals surface area contributed by atoms with Crippen LogP contribution >= 0.6 is 0 Å². The third-order valence-corrected chi connectivity index (χ3v) is 6.17. The summed E-state index contributed by atoms with van der Waals surface area (Å²) < 4.78 is 29.2. The van der Waals surface area contributed by atoms with Gasteiger partial charge in [-0.25, -0.2) is 8.42 Å². The fourth-order valence-electron chi connectivity index (χ4n) is 3.09. The molecule has 3 rings (SSSR count). The van der Waals surface area contributed by atoms with E-state index in [2.05, 4.69) is 5.10 Å². The van der Waals surface area contributed by atoms with Crippen LogP contribution in [0.5, 0.6) is 0 Å². The molecular weight excluding hydrogens is 332 g/mol. The van der Waals surface area contributed by atoms with Crippen LogP contribution in [-0.4, -0.2) is 34.0 Å². The summed E-state index contributed by atoms with van der Waals surface area (Å²) in [6, 6.07) is 6.60. The van der Waals surface area contributed by atoms with E-state index in [-0.39, 0.29) is 16.6 Å². The Morgan fingerprint density at radius 1 is 1.29 bits per heavy atom. The first kappa shape index (κ1) is 16.6. The lowest BCUT2D eigenvalue weighted by Gasteiger charge is -2.24. The Kier molecular flexibility index (Phi) is 4.37. The van der Waals surface area contributed by atoms with Crippen LogP contribution in [0.2, 0.25) is 0 Å². The van der Waals surface area contributed by atoms with Crippen molar-refractivity contribution >= 4 is 15.7 Å². The molecule has 1 saturated heterocycles. The summed E-state index contributed by atoms with van der Waals surface area (Å²) in [6.07, 6.45) is 3.18. The van der Waals surface area contributed by atoms with Crippen LogP contribution in [0.15, 0.2) is 41.4 Å². The Labute approximate surface area is 139 Å². The first-order chi connectivity index (χ1) is 11.4. The zero-order valence-electron chi connectivity index (χ0n) is 13.2. The first-order valence-electron chi connectivity index (χ1n) is 7.73. The van der Waals surface area contributed by atoms with Gasteiger partial charge in [-0.3, -0.25) is 14.8 Å². The van der Waals surface area contributed by atoms with Gasteiger partial charge in [0.2, 0.25) is 10.0 Å². The van der Waals surface area contributed by atoms with E-state index in [0.29, 0.717) is 13.1 Å². The smallest absolute Gasteiger partial charge is 0.268 e. The van der Waals surface area contributed by atoms with Crippen molar-refractivity contribution in [2.24, 2.45) is 0 Å². The Bertz CT molecular complexity index is 845. The fourth-order valence-corrected chi connectivity index (χ4v) is 4.76. The molecule has 0 bridgehead atoms. The molecule has 0 N–H and O–H groups in total. The molecule has 0 spiro atoms. The highest BCUT2D eigenvalue weighted by atomic mass is 32.2. The number of non-ortho nitro benzene ring substituents is 1. The molecule has 128 valence electrons. The lowest BCUT2D eigenvalue weighted by molar-refractivity contribution is -0.384. The highest BCUT2D eigenvalue weighted by Crippen LogP contribution is 2.36. The third-order valence-electron chi connectivity index (χ3n) is 4.25. The normalized spacial score (nSPS) is 18.8. The van der Waals surface area contributed by atoms with Gasteiger partial charge in [-0.2, -0.15) is 9.40 Å². The van der Waals surface area contributed by atoms with E-state index >= 15 is 0 Å². The van der Waals surface area contributed by atoms with E-state index < -0.39 is 14.9 Å². The molecule has 1 aromatic carbocycles. The van der Waals surface area contributed by atoms with Crippen molar-refractivity contribution in [2.75, 3.05) is 6.54 Å². The molecule has 1 aromatic heterocycles. The largest absolute Gasteiger partial charge is 0.269 e. The number of benzene rings is 1. The van der Waals surface area contributed by atoms with Gasteiger partial charge in [0, 0.05) is 31.4 Å². The molecule has 2 heterocycles. The van der Waals surface area contributed by atoms with Gasteiger partial charge in [0.05, 0.1) is 21.6 Å². The maximum absolute atomic E-state index is 12.9. The number of hydrogen-bond donors (Lipinski definition) is 0. The number of rotatable bonds is 5. The monoisotopic (exact) mass is 350 g/mol. The number of aromatic nitrogens is 2. The van der Waals surface area contributed by atoms with Gasteiger partial charge in [-0.1, -0.05) is 0 Å². The zero-order valence-corrected chi connectivity index (χ0v) is 14.0. The lowest BCUT2D eigenvalue weighted by Crippen LogP contribution is -2.31. The van der Waals surface area contributed by atoms with Crippen LogP contribution in [0.4, 0.5) is 5.69 Å². The summed E-state index contributed by atoms with van der Waals surface area (Å²) in [6.45, 7) is 3.06. The van der Waals surface area contributed by atoms with Crippen LogP contribution in [0.25, 0.3) is 0 Å². The molecule has 0 unspecified atom stereocenters. The molecule has 1 aliphatic heterocycles. The molecule has 1 fully saturated rings. The summed E-state index contributed by atoms with van der Waals surface area (Å²) in [4.78, 5) is 10.3. The molecule has 8 nitrogen and oxygen atoms in total. The van der Waals surface area contributed by atoms with Gasteiger partial charge in [0.1, 0.15) is 0 Å². The molecule has 0 radical (unpaired) electrons. The van der Waals surface area contributed by atoms with Gasteiger partial charge >= 0.3 is 0 Å². The molecule has 1 atom stereocenters. The van der Waals surface area contributed by atoms with E-state index in [4.69, 9.17) is 0 Å². The van der Waals surface area contributed by atoms with Crippen LogP contribution in [0, 0.1) is 10.1 Å². The quantitative estimate of drug-likeness (QED) is 0.609. The average Bonchev–Trinajstić information content (AvgIpc) is 3.23. The number of hydrogen-bond acceptors (Lipinski definition) is 5. The van der Waals surface area contributed by atoms with Crippen molar-refractivity contribution in [2.45, 2.75) is 37.2 Å². The number of aryl methyl sites for hydroxylation is 1. The Balaban J connectivity index is 1.95. The van der Waals surface area contributed by atoms with Gasteiger partial charge < -0.3 is 0 Å². The predicted molar refractivity (Wildman–Crippen MR) is 86.9 cm³/mol. The number of nitrogens with zero attached hydrogens (tertiary/aromatic N) is 4. The highest BCUT2D eigenvalue weighted by molar-refractivity contribution is 7.89. The van der Waals surface area contributed by atoms with Crippen molar-refractivity contribution < 1.29 is 13.3 Å². The minimum absolute atomic E-state index is 0.0718. The molecule has 9 heteroatoms. The fraction of sp³-hybridized carbons (Fsp3) is 0.400. The standard InChI is InChI=1S/C15H18N4O4S/c1-2-17-14(9-10-16-17)15-4-3-11-18(15)24(22,23)13-7-5-12(6-8-13)19(20)21/h5-10,15H,2-4,11H2,1H3/t15-/m1/s1. The Hall–Kier alpha value is -2.26. The van der Waals surface area contributed by atoms with Crippen molar-refractivity contribution in [3.8, 4) is 0 Å². The molecule has 2 aromatic rings. The van der Waals surface area contributed by atoms with Crippen LogP contribution < -0.4 is 0 Å². The molecule has 0 saturated carbocycles. The van der Waals surface area contributed by atoms with Gasteiger partial charge in [-0.05, 0) is 38.0 Å². The maximum Gasteiger partial charge on any atom is 0.269 e. The van der Waals surface area contributed by atoms with E-state index in [0.717, 1.165) is 18.5 Å². The molecule has 0 amide bonds. The van der Waals surface area contributed by atoms with Gasteiger partial charge in [-0.15, -0.1) is 0 Å². The number of nitro benzene ring substituents is 1. The molecule has 1 aliphatic rings. The second kappa shape index (κ2) is 6.33. The minimum atomic E-state index is -3.71. The summed E-state index contributed by atoms with van der Waals surface area (Å²) in [7, 11) is -3.71. The Morgan fingerprint density at radius 3 is 2.62 bits per heavy atom. The minimum Gasteiger partial charge on any atom is -0.268 e. The van der Waals surface area contributed by atoms with E-state index in [1.807, 2.05) is 13.0 Å². The molecule has 0 aliphatic carbocycles. The second-order valence-corrected chi connectivity index (χ2v) is 7.49. The first-order valence-corrected chi connectivity index (χ1v) is 9.17. The lowest BCUT2D eigenvalue weighted by atomic mass is 10.1. The van der Waals surface area contributed by atoms with Crippen LogP contribution in [0.3, 0.4) is 0 Å². The summed E-state index contributed by atoms with van der Waals surface area (Å²) in [5.74, 6) is 0.